The van der Waals surface area contributed by atoms with Gasteiger partial charge >= 0.3 is 12.5 Å². The Balaban J connectivity index is 1.33. The number of H-pyrrole nitrogens is 1. The number of ether oxygens (including phenoxy) is 1. The van der Waals surface area contributed by atoms with Crippen LogP contribution in [-0.2, 0) is 25.8 Å². The summed E-state index contributed by atoms with van der Waals surface area (Å²) < 4.78 is 110. The molecule has 45 heavy (non-hydrogen) atoms. The van der Waals surface area contributed by atoms with Crippen molar-refractivity contribution in [3.8, 4) is 5.75 Å². The van der Waals surface area contributed by atoms with Crippen molar-refractivity contribution in [2.24, 2.45) is 0 Å². The summed E-state index contributed by atoms with van der Waals surface area (Å²) in [6.45, 7) is -1.43. The average molecular weight is 647 g/mol. The number of aromatic amines is 1. The number of rotatable bonds is 12. The molecule has 3 heterocycles. The first-order valence-corrected chi connectivity index (χ1v) is 12.7. The van der Waals surface area contributed by atoms with Gasteiger partial charge in [0.15, 0.2) is 11.4 Å². The van der Waals surface area contributed by atoms with E-state index < -0.39 is 60.9 Å². The molecular weight excluding hydrogens is 626 g/mol. The molecule has 0 aliphatic rings. The first-order chi connectivity index (χ1) is 21.2. The Kier molecular flexibility index (Phi) is 9.92. The summed E-state index contributed by atoms with van der Waals surface area (Å²) >= 11 is 0. The van der Waals surface area contributed by atoms with Gasteiger partial charge in [0.1, 0.15) is 23.4 Å². The number of benzene rings is 1. The Bertz CT molecular complexity index is 1590. The molecule has 0 aliphatic heterocycles. The molecule has 240 valence electrons. The average Bonchev–Trinajstić information content (AvgIpc) is 3.68. The van der Waals surface area contributed by atoms with E-state index in [1.54, 1.807) is 0 Å². The number of carbonyl (C=O) groups is 2. The molecular formula is C25H21F8N9O3. The maximum absolute atomic E-state index is 15.1. The second kappa shape index (κ2) is 13.6. The highest BCUT2D eigenvalue weighted by molar-refractivity contribution is 5.92. The smallest absolute Gasteiger partial charge is 0.406 e. The molecule has 4 rings (SSSR count). The second-order valence-corrected chi connectivity index (χ2v) is 9.33. The lowest BCUT2D eigenvalue weighted by Gasteiger charge is -2.23. The number of pyridine rings is 1. The third kappa shape index (κ3) is 9.41. The number of nitrogens with zero attached hydrogens (tertiary/aromatic N) is 7. The Morgan fingerprint density at radius 2 is 1.84 bits per heavy atom. The van der Waals surface area contributed by atoms with Crippen LogP contribution in [0, 0.1) is 5.82 Å². The van der Waals surface area contributed by atoms with Gasteiger partial charge in [-0.05, 0) is 36.2 Å². The Morgan fingerprint density at radius 3 is 2.49 bits per heavy atom. The number of hydrogen-bond acceptors (Lipinski definition) is 8. The fourth-order valence-corrected chi connectivity index (χ4v) is 3.86. The van der Waals surface area contributed by atoms with Gasteiger partial charge in [0.25, 0.3) is 11.8 Å². The molecule has 12 nitrogen and oxygen atoms in total. The van der Waals surface area contributed by atoms with E-state index in [0.717, 1.165) is 58.5 Å². The highest BCUT2D eigenvalue weighted by Gasteiger charge is 2.33. The Labute approximate surface area is 247 Å². The molecule has 1 aromatic carbocycles. The maximum Gasteiger partial charge on any atom is 0.573 e. The lowest BCUT2D eigenvalue weighted by molar-refractivity contribution is -0.274. The number of nitrogens with one attached hydrogen (secondary N) is 2. The van der Waals surface area contributed by atoms with E-state index in [-0.39, 0.29) is 42.0 Å². The van der Waals surface area contributed by atoms with E-state index in [1.807, 2.05) is 0 Å². The van der Waals surface area contributed by atoms with Crippen LogP contribution in [0.2, 0.25) is 0 Å². The van der Waals surface area contributed by atoms with Crippen LogP contribution in [0.3, 0.4) is 0 Å². The first kappa shape index (κ1) is 32.7. The minimum Gasteiger partial charge on any atom is -0.406 e. The molecule has 0 radical (unpaired) electrons. The van der Waals surface area contributed by atoms with Crippen molar-refractivity contribution in [3.63, 3.8) is 0 Å². The second-order valence-electron chi connectivity index (χ2n) is 9.33. The molecule has 0 spiro atoms. The minimum absolute atomic E-state index is 0.124. The van der Waals surface area contributed by atoms with Crippen LogP contribution in [0.5, 0.6) is 5.75 Å². The largest absolute Gasteiger partial charge is 0.573 e. The number of aromatic nitrogens is 7. The van der Waals surface area contributed by atoms with E-state index in [1.165, 1.54) is 0 Å². The summed E-state index contributed by atoms with van der Waals surface area (Å²) in [7, 11) is 0. The maximum atomic E-state index is 15.1. The quantitative estimate of drug-likeness (QED) is 0.221. The number of amides is 2. The zero-order valence-corrected chi connectivity index (χ0v) is 22.6. The summed E-state index contributed by atoms with van der Waals surface area (Å²) in [5.41, 5.74) is -1.66. The van der Waals surface area contributed by atoms with Crippen molar-refractivity contribution in [1.29, 1.82) is 0 Å². The van der Waals surface area contributed by atoms with Gasteiger partial charge in [0, 0.05) is 31.4 Å². The van der Waals surface area contributed by atoms with Gasteiger partial charge < -0.3 is 15.0 Å². The topological polar surface area (TPSA) is 144 Å². The van der Waals surface area contributed by atoms with Crippen molar-refractivity contribution < 1.29 is 49.4 Å². The predicted octanol–water partition coefficient (Wildman–Crippen LogP) is 3.85. The van der Waals surface area contributed by atoms with Gasteiger partial charge in [-0.25, -0.2) is 8.78 Å². The number of halogens is 8. The lowest BCUT2D eigenvalue weighted by atomic mass is 10.2. The van der Waals surface area contributed by atoms with Crippen LogP contribution in [0.1, 0.15) is 44.2 Å². The summed E-state index contributed by atoms with van der Waals surface area (Å²) in [5, 5.41) is 19.0. The van der Waals surface area contributed by atoms with Gasteiger partial charge in [-0.15, -0.1) is 23.4 Å². The van der Waals surface area contributed by atoms with Crippen LogP contribution in [0.25, 0.3) is 0 Å². The summed E-state index contributed by atoms with van der Waals surface area (Å²) in [6, 6.07) is 4.12. The summed E-state index contributed by atoms with van der Waals surface area (Å²) in [5.74, 6) is -3.18. The molecule has 0 saturated heterocycles. The van der Waals surface area contributed by atoms with Crippen molar-refractivity contribution in [2.45, 2.75) is 44.8 Å². The standard InChI is InChI=1S/C25H21F8N9O3/c26-16(12-41(23(44)19-10-36-39-37-19)11-14-1-4-21(34-8-14)24(28,29)30)5-6-42-13-20(38-40-42)22(43)35-9-15-7-17(2-3-18(15)27)45-25(31,32)33/h1-4,7-8,10,13,16H,5-6,9,11-12H2,(H,35,43)(H,36,37,39). The third-order valence-corrected chi connectivity index (χ3v) is 5.96. The van der Waals surface area contributed by atoms with Gasteiger partial charge in [-0.1, -0.05) is 16.5 Å². The predicted molar refractivity (Wildman–Crippen MR) is 134 cm³/mol. The molecule has 0 aliphatic carbocycles. The summed E-state index contributed by atoms with van der Waals surface area (Å²) in [4.78, 5) is 29.6. The fraction of sp³-hybridized carbons (Fsp3) is 0.320. The normalized spacial score (nSPS) is 12.5. The molecule has 0 bridgehead atoms. The van der Waals surface area contributed by atoms with Gasteiger partial charge in [-0.2, -0.15) is 13.2 Å². The molecule has 3 aromatic heterocycles. The number of carbonyl (C=O) groups excluding carboxylic acids is 2. The van der Waals surface area contributed by atoms with Gasteiger partial charge in [0.2, 0.25) is 0 Å². The Hall–Kier alpha value is -5.17. The van der Waals surface area contributed by atoms with Crippen LogP contribution in [-0.4, -0.2) is 71.2 Å². The van der Waals surface area contributed by atoms with Crippen molar-refractivity contribution >= 4 is 11.8 Å². The third-order valence-electron chi connectivity index (χ3n) is 5.96. The molecule has 1 unspecified atom stereocenters. The molecule has 1 atom stereocenters. The van der Waals surface area contributed by atoms with E-state index in [9.17, 15) is 40.3 Å². The van der Waals surface area contributed by atoms with E-state index in [4.69, 9.17) is 0 Å². The van der Waals surface area contributed by atoms with Crippen LogP contribution in [0.4, 0.5) is 35.1 Å². The first-order valence-electron chi connectivity index (χ1n) is 12.7. The zero-order chi connectivity index (χ0) is 32.8. The van der Waals surface area contributed by atoms with Crippen molar-refractivity contribution in [3.05, 3.63) is 82.9 Å². The zero-order valence-electron chi connectivity index (χ0n) is 22.6. The number of aryl methyl sites for hydroxylation is 1. The van der Waals surface area contributed by atoms with Crippen LogP contribution in [0.15, 0.2) is 48.9 Å². The van der Waals surface area contributed by atoms with E-state index >= 15 is 4.39 Å². The molecule has 0 saturated carbocycles. The summed E-state index contributed by atoms with van der Waals surface area (Å²) in [6.07, 6.45) is -8.36. The highest BCUT2D eigenvalue weighted by Crippen LogP contribution is 2.27. The highest BCUT2D eigenvalue weighted by atomic mass is 19.4. The molecule has 20 heteroatoms. The SMILES string of the molecule is O=C(NCc1cc(OC(F)(F)F)ccc1F)c1cn(CCC(F)CN(Cc2ccc(C(F)(F)F)nc2)C(=O)c2c[nH]nn2)nn1. The number of hydrogen-bond donors (Lipinski definition) is 2. The monoisotopic (exact) mass is 647 g/mol. The van der Waals surface area contributed by atoms with Crippen LogP contribution >= 0.6 is 0 Å². The Morgan fingerprint density at radius 1 is 1.07 bits per heavy atom. The fourth-order valence-electron chi connectivity index (χ4n) is 3.86. The van der Waals surface area contributed by atoms with Crippen molar-refractivity contribution in [1.82, 2.24) is 45.6 Å². The molecule has 2 amide bonds. The molecule has 0 fully saturated rings. The van der Waals surface area contributed by atoms with E-state index in [2.05, 4.69) is 40.8 Å². The van der Waals surface area contributed by atoms with Gasteiger partial charge in [-0.3, -0.25) is 24.4 Å². The number of alkyl halides is 7. The van der Waals surface area contributed by atoms with Crippen LogP contribution < -0.4 is 10.1 Å². The van der Waals surface area contributed by atoms with Crippen molar-refractivity contribution in [2.75, 3.05) is 6.54 Å². The lowest BCUT2D eigenvalue weighted by Crippen LogP contribution is -2.36. The molecule has 2 N–H and O–H groups in total. The minimum atomic E-state index is -5.00. The van der Waals surface area contributed by atoms with E-state index in [0.29, 0.717) is 0 Å². The van der Waals surface area contributed by atoms with Gasteiger partial charge in [0.05, 0.1) is 18.9 Å². The molecule has 4 aromatic rings.